The number of nitrogens with one attached hydrogen (secondary N) is 2. The van der Waals surface area contributed by atoms with Crippen molar-refractivity contribution in [3.05, 3.63) is 101 Å². The normalized spacial score (nSPS) is 20.1. The van der Waals surface area contributed by atoms with Gasteiger partial charge in [0.25, 0.3) is 5.91 Å². The van der Waals surface area contributed by atoms with E-state index in [0.29, 0.717) is 36.0 Å². The summed E-state index contributed by atoms with van der Waals surface area (Å²) in [6, 6.07) is 17.5. The molecule has 2 aliphatic heterocycles. The maximum Gasteiger partial charge on any atom is 0.255 e. The van der Waals surface area contributed by atoms with Crippen molar-refractivity contribution >= 4 is 23.7 Å². The van der Waals surface area contributed by atoms with Crippen molar-refractivity contribution in [1.29, 1.82) is 0 Å². The number of unbranched alkanes of at least 4 members (excludes halogenated alkanes) is 1. The highest BCUT2D eigenvalue weighted by atomic mass is 16.5. The first-order chi connectivity index (χ1) is 18.7. The van der Waals surface area contributed by atoms with Crippen LogP contribution in [0, 0.1) is 5.92 Å². The van der Waals surface area contributed by atoms with Crippen LogP contribution in [-0.2, 0) is 16.0 Å². The van der Waals surface area contributed by atoms with Crippen LogP contribution in [0.3, 0.4) is 0 Å². The molecule has 0 fully saturated rings. The lowest BCUT2D eigenvalue weighted by Gasteiger charge is -2.33. The molecule has 194 valence electrons. The fraction of sp³-hybridized carbons (Fsp3) is 0.267. The van der Waals surface area contributed by atoms with Gasteiger partial charge in [0.1, 0.15) is 12.4 Å². The van der Waals surface area contributed by atoms with Gasteiger partial charge in [0.2, 0.25) is 0 Å². The van der Waals surface area contributed by atoms with Crippen LogP contribution in [0.4, 0.5) is 0 Å². The molecular formula is C30H30N4O4. The summed E-state index contributed by atoms with van der Waals surface area (Å²) in [5.74, 6) is 0.641. The largest absolute Gasteiger partial charge is 0.494 e. The Balaban J connectivity index is 1.14. The third-order valence-electron chi connectivity index (χ3n) is 6.46. The summed E-state index contributed by atoms with van der Waals surface area (Å²) in [5.41, 5.74) is 2.33. The van der Waals surface area contributed by atoms with Gasteiger partial charge in [-0.2, -0.15) is 0 Å². The Bertz CT molecular complexity index is 1310. The molecule has 8 heteroatoms. The Morgan fingerprint density at radius 1 is 1.11 bits per heavy atom. The second-order valence-electron chi connectivity index (χ2n) is 9.15. The zero-order chi connectivity index (χ0) is 26.2. The summed E-state index contributed by atoms with van der Waals surface area (Å²) >= 11 is 0. The Morgan fingerprint density at radius 2 is 1.95 bits per heavy atom. The highest BCUT2D eigenvalue weighted by Gasteiger charge is 2.38. The van der Waals surface area contributed by atoms with Crippen molar-refractivity contribution < 1.29 is 19.1 Å². The average Bonchev–Trinajstić information content (AvgIpc) is 3.24. The Morgan fingerprint density at radius 3 is 2.79 bits per heavy atom. The van der Waals surface area contributed by atoms with Gasteiger partial charge in [-0.3, -0.25) is 14.6 Å². The number of fused-ring (bicyclic) bond motifs is 1. The van der Waals surface area contributed by atoms with Gasteiger partial charge in [0.05, 0.1) is 24.8 Å². The minimum atomic E-state index is -0.649. The van der Waals surface area contributed by atoms with Crippen LogP contribution in [0.5, 0.6) is 5.75 Å². The number of benzene rings is 2. The van der Waals surface area contributed by atoms with Gasteiger partial charge >= 0.3 is 0 Å². The van der Waals surface area contributed by atoms with Crippen LogP contribution in [-0.4, -0.2) is 49.7 Å². The quantitative estimate of drug-likeness (QED) is 0.500. The van der Waals surface area contributed by atoms with Gasteiger partial charge in [0, 0.05) is 17.9 Å². The molecule has 2 N–H and O–H groups in total. The zero-order valence-electron chi connectivity index (χ0n) is 21.0. The van der Waals surface area contributed by atoms with E-state index >= 15 is 0 Å². The summed E-state index contributed by atoms with van der Waals surface area (Å²) in [4.78, 5) is 34.3. The number of ketones is 1. The predicted octanol–water partition coefficient (Wildman–Crippen LogP) is 3.77. The minimum absolute atomic E-state index is 0.104. The number of amidine groups is 1. The lowest BCUT2D eigenvalue weighted by atomic mass is 9.88. The number of aryl methyl sites for hydroxylation is 1. The molecule has 1 aliphatic carbocycles. The van der Waals surface area contributed by atoms with Crippen molar-refractivity contribution in [1.82, 2.24) is 10.6 Å². The van der Waals surface area contributed by atoms with Crippen LogP contribution in [0.15, 0.2) is 100 Å². The first kappa shape index (κ1) is 25.2. The fourth-order valence-electron chi connectivity index (χ4n) is 4.45. The highest BCUT2D eigenvalue weighted by Crippen LogP contribution is 2.29. The third-order valence-corrected chi connectivity index (χ3v) is 6.46. The maximum absolute atomic E-state index is 13.0. The molecule has 38 heavy (non-hydrogen) atoms. The lowest BCUT2D eigenvalue weighted by molar-refractivity contribution is -0.121. The van der Waals surface area contributed by atoms with E-state index in [9.17, 15) is 9.59 Å². The Kier molecular flexibility index (Phi) is 8.08. The monoisotopic (exact) mass is 510 g/mol. The molecule has 5 rings (SSSR count). The van der Waals surface area contributed by atoms with E-state index in [-0.39, 0.29) is 18.4 Å². The van der Waals surface area contributed by atoms with Gasteiger partial charge in [-0.15, -0.1) is 0 Å². The van der Waals surface area contributed by atoms with E-state index in [1.807, 2.05) is 6.07 Å². The molecule has 0 bridgehead atoms. The number of carbonyl (C=O) groups is 2. The van der Waals surface area contributed by atoms with Gasteiger partial charge in [-0.25, -0.2) is 4.99 Å². The maximum atomic E-state index is 13.0. The van der Waals surface area contributed by atoms with Crippen molar-refractivity contribution in [2.75, 3.05) is 19.8 Å². The molecule has 1 amide bonds. The number of allylic oxidation sites excluding steroid dienone is 3. The van der Waals surface area contributed by atoms with Crippen molar-refractivity contribution in [2.24, 2.45) is 15.9 Å². The van der Waals surface area contributed by atoms with Gasteiger partial charge in [-0.1, -0.05) is 42.5 Å². The molecule has 2 aromatic rings. The molecule has 2 aromatic carbocycles. The van der Waals surface area contributed by atoms with E-state index in [0.717, 1.165) is 25.0 Å². The molecule has 8 nitrogen and oxygen atoms in total. The summed E-state index contributed by atoms with van der Waals surface area (Å²) in [7, 11) is 0. The van der Waals surface area contributed by atoms with Gasteiger partial charge in [-0.05, 0) is 55.2 Å². The smallest absolute Gasteiger partial charge is 0.255 e. The zero-order valence-corrected chi connectivity index (χ0v) is 21.0. The molecule has 2 atom stereocenters. The molecule has 0 spiro atoms. The first-order valence-corrected chi connectivity index (χ1v) is 12.8. The number of hydrogen-bond donors (Lipinski definition) is 2. The second kappa shape index (κ2) is 12.2. The fourth-order valence-corrected chi connectivity index (χ4v) is 4.45. The second-order valence-corrected chi connectivity index (χ2v) is 9.15. The van der Waals surface area contributed by atoms with Crippen molar-refractivity contribution in [2.45, 2.75) is 25.4 Å². The molecule has 0 aromatic heterocycles. The summed E-state index contributed by atoms with van der Waals surface area (Å²) < 4.78 is 12.0. The average molecular weight is 511 g/mol. The third kappa shape index (κ3) is 6.26. The van der Waals surface area contributed by atoms with Crippen LogP contribution in [0.1, 0.15) is 28.8 Å². The van der Waals surface area contributed by atoms with Crippen molar-refractivity contribution in [3.8, 4) is 5.75 Å². The highest BCUT2D eigenvalue weighted by molar-refractivity contribution is 6.06. The van der Waals surface area contributed by atoms with Crippen LogP contribution < -0.4 is 15.4 Å². The number of carbonyl (C=O) groups excluding carboxylic acids is 2. The molecule has 2 heterocycles. The van der Waals surface area contributed by atoms with Crippen LogP contribution in [0.2, 0.25) is 0 Å². The van der Waals surface area contributed by atoms with Crippen LogP contribution >= 0.6 is 0 Å². The molecule has 0 saturated carbocycles. The molecule has 0 radical (unpaired) electrons. The Hall–Kier alpha value is -4.46. The number of nitrogens with zero attached hydrogens (tertiary/aromatic N) is 2. The number of ether oxygens (including phenoxy) is 2. The SMILES string of the molecule is O=C(NC1=CC=CC2C(=O)C=C(C3=NCN=CCN3)OC12)c1ccc(OCCCCc2ccccc2)cc1. The van der Waals surface area contributed by atoms with Crippen molar-refractivity contribution in [3.63, 3.8) is 0 Å². The number of aliphatic imine (C=N–C) groups is 2. The lowest BCUT2D eigenvalue weighted by Crippen LogP contribution is -2.43. The first-order valence-electron chi connectivity index (χ1n) is 12.8. The predicted molar refractivity (Wildman–Crippen MR) is 146 cm³/mol. The van der Waals surface area contributed by atoms with E-state index in [1.165, 1.54) is 11.6 Å². The van der Waals surface area contributed by atoms with Crippen LogP contribution in [0.25, 0.3) is 0 Å². The standard InChI is InChI=1S/C30H30N4O4/c35-26-19-27(29-32-17-16-31-20-33-29)38-28-24(26)10-6-11-25(28)34-30(36)22-12-14-23(15-13-22)37-18-5-4-9-21-7-2-1-3-8-21/h1-3,6-8,10-16,19,24,28H,4-5,9,17-18,20H2,(H,32,33)(H,34,36). The topological polar surface area (TPSA) is 101 Å². The van der Waals surface area contributed by atoms with Gasteiger partial charge in [0.15, 0.2) is 23.5 Å². The molecule has 3 aliphatic rings. The Labute approximate surface area is 221 Å². The number of rotatable bonds is 9. The molecular weight excluding hydrogens is 480 g/mol. The summed E-state index contributed by atoms with van der Waals surface area (Å²) in [5, 5.41) is 6.03. The van der Waals surface area contributed by atoms with Gasteiger partial charge < -0.3 is 20.1 Å². The minimum Gasteiger partial charge on any atom is -0.494 e. The summed E-state index contributed by atoms with van der Waals surface area (Å²) in [6.07, 6.45) is 10.9. The molecule has 2 unspecified atom stereocenters. The molecule has 0 saturated heterocycles. The van der Waals surface area contributed by atoms with E-state index < -0.39 is 12.0 Å². The number of hydrogen-bond acceptors (Lipinski definition) is 7. The van der Waals surface area contributed by atoms with E-state index in [4.69, 9.17) is 9.47 Å². The summed E-state index contributed by atoms with van der Waals surface area (Å²) in [6.45, 7) is 1.38. The van der Waals surface area contributed by atoms with E-state index in [2.05, 4.69) is 44.9 Å². The number of amides is 1. The van der Waals surface area contributed by atoms with E-state index in [1.54, 1.807) is 48.7 Å².